The summed E-state index contributed by atoms with van der Waals surface area (Å²) in [6.45, 7) is 1.35. The summed E-state index contributed by atoms with van der Waals surface area (Å²) in [5.74, 6) is 0.391. The van der Waals surface area contributed by atoms with E-state index in [1.54, 1.807) is 6.20 Å². The fraction of sp³-hybridized carbons (Fsp3) is 0.421. The van der Waals surface area contributed by atoms with E-state index in [9.17, 15) is 9.59 Å². The van der Waals surface area contributed by atoms with E-state index in [0.29, 0.717) is 18.1 Å². The second-order valence-corrected chi connectivity index (χ2v) is 7.61. The first kappa shape index (κ1) is 15.5. The minimum absolute atomic E-state index is 0.00655. The van der Waals surface area contributed by atoms with E-state index in [0.717, 1.165) is 31.2 Å². The third kappa shape index (κ3) is 2.67. The molecule has 1 saturated heterocycles. The van der Waals surface area contributed by atoms with Crippen LogP contribution in [-0.4, -0.2) is 34.7 Å². The molecule has 1 saturated carbocycles. The number of carbonyl (C=O) groups excluding carboxylic acids is 2. The van der Waals surface area contributed by atoms with Crippen molar-refractivity contribution in [1.82, 2.24) is 9.88 Å². The Morgan fingerprint density at radius 1 is 1.12 bits per heavy atom. The summed E-state index contributed by atoms with van der Waals surface area (Å²) >= 11 is 1.40. The highest BCUT2D eigenvalue weighted by Gasteiger charge is 2.53. The third-order valence-electron chi connectivity index (χ3n) is 5.28. The lowest BCUT2D eigenvalue weighted by molar-refractivity contribution is -0.135. The van der Waals surface area contributed by atoms with Gasteiger partial charge in [0.25, 0.3) is 0 Å². The molecule has 1 amide bonds. The van der Waals surface area contributed by atoms with Crippen molar-refractivity contribution in [3.05, 3.63) is 52.5 Å². The van der Waals surface area contributed by atoms with Crippen LogP contribution in [0.25, 0.3) is 0 Å². The van der Waals surface area contributed by atoms with Crippen LogP contribution in [0.3, 0.4) is 0 Å². The molecule has 124 valence electrons. The van der Waals surface area contributed by atoms with Gasteiger partial charge in [-0.3, -0.25) is 9.59 Å². The van der Waals surface area contributed by atoms with Gasteiger partial charge in [-0.05, 0) is 31.2 Å². The molecule has 2 aliphatic rings. The first-order valence-electron chi connectivity index (χ1n) is 8.49. The van der Waals surface area contributed by atoms with Gasteiger partial charge >= 0.3 is 0 Å². The molecule has 24 heavy (non-hydrogen) atoms. The Kier molecular flexibility index (Phi) is 3.96. The molecule has 5 heteroatoms. The maximum absolute atomic E-state index is 13.0. The summed E-state index contributed by atoms with van der Waals surface area (Å²) in [6.07, 6.45) is 5.04. The Labute approximate surface area is 145 Å². The summed E-state index contributed by atoms with van der Waals surface area (Å²) < 4.78 is 0. The van der Waals surface area contributed by atoms with Crippen molar-refractivity contribution in [3.8, 4) is 0 Å². The number of hydrogen-bond donors (Lipinski definition) is 0. The average Bonchev–Trinajstić information content (AvgIpc) is 3.28. The minimum atomic E-state index is -0.298. The maximum atomic E-state index is 13.0. The molecule has 0 radical (unpaired) electrons. The molecule has 2 aromatic rings. The van der Waals surface area contributed by atoms with E-state index in [4.69, 9.17) is 0 Å². The molecule has 0 unspecified atom stereocenters. The van der Waals surface area contributed by atoms with Crippen molar-refractivity contribution in [2.75, 3.05) is 13.1 Å². The zero-order valence-electron chi connectivity index (χ0n) is 13.5. The number of benzene rings is 1. The zero-order chi connectivity index (χ0) is 16.6. The van der Waals surface area contributed by atoms with E-state index >= 15 is 0 Å². The quantitative estimate of drug-likeness (QED) is 0.803. The van der Waals surface area contributed by atoms with Gasteiger partial charge in [-0.15, -0.1) is 11.3 Å². The van der Waals surface area contributed by atoms with Crippen molar-refractivity contribution in [1.29, 1.82) is 0 Å². The number of nitrogens with zero attached hydrogens (tertiary/aromatic N) is 2. The third-order valence-corrected chi connectivity index (χ3v) is 6.07. The van der Waals surface area contributed by atoms with E-state index in [1.807, 2.05) is 28.5 Å². The van der Waals surface area contributed by atoms with Gasteiger partial charge in [-0.2, -0.15) is 0 Å². The number of likely N-dealkylation sites (tertiary alicyclic amines) is 1. The summed E-state index contributed by atoms with van der Waals surface area (Å²) in [5, 5.41) is 2.44. The summed E-state index contributed by atoms with van der Waals surface area (Å²) in [6, 6.07) is 10.1. The standard InChI is InChI=1S/C19H20N2O2S/c22-16(17-20-10-13-24-17)14-6-11-21(12-7-14)18(23)19(8-9-19)15-4-2-1-3-5-15/h1-5,10,13-14H,6-9,11-12H2. The molecule has 0 bridgehead atoms. The normalized spacial score (nSPS) is 19.9. The fourth-order valence-corrected chi connectivity index (χ4v) is 4.33. The summed E-state index contributed by atoms with van der Waals surface area (Å²) in [5.41, 5.74) is 0.837. The Bertz CT molecular complexity index is 730. The molecule has 4 rings (SSSR count). The highest BCUT2D eigenvalue weighted by molar-refractivity contribution is 7.11. The van der Waals surface area contributed by atoms with Crippen LogP contribution in [0.15, 0.2) is 41.9 Å². The van der Waals surface area contributed by atoms with E-state index in [2.05, 4.69) is 17.1 Å². The Morgan fingerprint density at radius 2 is 1.83 bits per heavy atom. The molecule has 1 aromatic heterocycles. The van der Waals surface area contributed by atoms with Gasteiger partial charge in [0.1, 0.15) is 0 Å². The molecule has 2 fully saturated rings. The topological polar surface area (TPSA) is 50.3 Å². The Hall–Kier alpha value is -2.01. The van der Waals surface area contributed by atoms with Crippen LogP contribution in [0.4, 0.5) is 0 Å². The van der Waals surface area contributed by atoms with E-state index < -0.39 is 0 Å². The average molecular weight is 340 g/mol. The predicted octanol–water partition coefficient (Wildman–Crippen LogP) is 3.30. The van der Waals surface area contributed by atoms with Crippen LogP contribution in [0.2, 0.25) is 0 Å². The molecular weight excluding hydrogens is 320 g/mol. The number of thiazole rings is 1. The highest BCUT2D eigenvalue weighted by Crippen LogP contribution is 2.49. The fourth-order valence-electron chi connectivity index (χ4n) is 3.68. The minimum Gasteiger partial charge on any atom is -0.342 e. The van der Waals surface area contributed by atoms with Crippen LogP contribution in [0, 0.1) is 5.92 Å². The lowest BCUT2D eigenvalue weighted by Gasteiger charge is -2.33. The molecular formula is C19H20N2O2S. The number of piperidine rings is 1. The van der Waals surface area contributed by atoms with Crippen molar-refractivity contribution in [3.63, 3.8) is 0 Å². The van der Waals surface area contributed by atoms with Gasteiger partial charge in [-0.25, -0.2) is 4.98 Å². The van der Waals surface area contributed by atoms with Crippen LogP contribution >= 0.6 is 11.3 Å². The summed E-state index contributed by atoms with van der Waals surface area (Å²) in [4.78, 5) is 31.5. The molecule has 1 aromatic carbocycles. The highest BCUT2D eigenvalue weighted by atomic mass is 32.1. The van der Waals surface area contributed by atoms with Crippen LogP contribution in [0.1, 0.15) is 41.0 Å². The number of hydrogen-bond acceptors (Lipinski definition) is 4. The smallest absolute Gasteiger partial charge is 0.233 e. The lowest BCUT2D eigenvalue weighted by Crippen LogP contribution is -2.45. The largest absolute Gasteiger partial charge is 0.342 e. The van der Waals surface area contributed by atoms with Crippen molar-refractivity contribution < 1.29 is 9.59 Å². The lowest BCUT2D eigenvalue weighted by atomic mass is 9.89. The van der Waals surface area contributed by atoms with Gasteiger partial charge in [-0.1, -0.05) is 30.3 Å². The molecule has 1 aliphatic carbocycles. The van der Waals surface area contributed by atoms with Crippen molar-refractivity contribution in [2.45, 2.75) is 31.1 Å². The number of amides is 1. The second-order valence-electron chi connectivity index (χ2n) is 6.72. The molecule has 0 atom stereocenters. The maximum Gasteiger partial charge on any atom is 0.233 e. The molecule has 4 nitrogen and oxygen atoms in total. The van der Waals surface area contributed by atoms with Gasteiger partial charge in [0.2, 0.25) is 5.91 Å². The first-order valence-corrected chi connectivity index (χ1v) is 9.37. The Morgan fingerprint density at radius 3 is 2.42 bits per heavy atom. The molecule has 0 spiro atoms. The van der Waals surface area contributed by atoms with Gasteiger partial charge < -0.3 is 4.90 Å². The second kappa shape index (κ2) is 6.13. The number of ketones is 1. The number of aromatic nitrogens is 1. The monoisotopic (exact) mass is 340 g/mol. The van der Waals surface area contributed by atoms with Crippen LogP contribution in [0.5, 0.6) is 0 Å². The van der Waals surface area contributed by atoms with Gasteiger partial charge in [0.05, 0.1) is 5.41 Å². The number of rotatable bonds is 4. The SMILES string of the molecule is O=C(c1nccs1)C1CCN(C(=O)C2(c3ccccc3)CC2)CC1. The summed E-state index contributed by atoms with van der Waals surface area (Å²) in [7, 11) is 0. The van der Waals surface area contributed by atoms with Crippen molar-refractivity contribution >= 4 is 23.0 Å². The molecule has 2 heterocycles. The van der Waals surface area contributed by atoms with Crippen LogP contribution < -0.4 is 0 Å². The molecule has 0 N–H and O–H groups in total. The van der Waals surface area contributed by atoms with Gasteiger partial charge in [0, 0.05) is 30.6 Å². The number of Topliss-reactive ketones (excluding diaryl/α,β-unsaturated/α-hetero) is 1. The van der Waals surface area contributed by atoms with E-state index in [1.165, 1.54) is 11.3 Å². The zero-order valence-corrected chi connectivity index (χ0v) is 14.3. The first-order chi connectivity index (χ1) is 11.7. The molecule has 1 aliphatic heterocycles. The Balaban J connectivity index is 1.41. The van der Waals surface area contributed by atoms with Crippen LogP contribution in [-0.2, 0) is 10.2 Å². The number of carbonyl (C=O) groups is 2. The van der Waals surface area contributed by atoms with Crippen molar-refractivity contribution in [2.24, 2.45) is 5.92 Å². The van der Waals surface area contributed by atoms with Gasteiger partial charge in [0.15, 0.2) is 10.8 Å². The predicted molar refractivity (Wildman–Crippen MR) is 93.1 cm³/mol. The van der Waals surface area contributed by atoms with E-state index in [-0.39, 0.29) is 23.0 Å².